The second-order valence-corrected chi connectivity index (χ2v) is 3.69. The normalized spacial score (nSPS) is 10.9. The number of methoxy groups -OCH3 is 1. The minimum atomic E-state index is -4.64. The van der Waals surface area contributed by atoms with Crippen molar-refractivity contribution in [2.75, 3.05) is 7.11 Å². The summed E-state index contributed by atoms with van der Waals surface area (Å²) in [6.45, 7) is 0. The lowest BCUT2D eigenvalue weighted by Gasteiger charge is -2.13. The van der Waals surface area contributed by atoms with Crippen molar-refractivity contribution in [1.29, 1.82) is 5.26 Å². The summed E-state index contributed by atoms with van der Waals surface area (Å²) >= 11 is 5.60. The Kier molecular flexibility index (Phi) is 4.19. The van der Waals surface area contributed by atoms with Gasteiger partial charge in [-0.1, -0.05) is 11.6 Å². The van der Waals surface area contributed by atoms with Crippen molar-refractivity contribution < 1.29 is 22.7 Å². The molecule has 96 valence electrons. The van der Waals surface area contributed by atoms with Gasteiger partial charge in [0.25, 0.3) is 0 Å². The number of rotatable bonds is 2. The van der Waals surface area contributed by atoms with Gasteiger partial charge in [0.05, 0.1) is 35.7 Å². The van der Waals surface area contributed by atoms with Crippen molar-refractivity contribution in [2.24, 2.45) is 0 Å². The molecule has 0 spiro atoms. The predicted molar refractivity (Wildman–Crippen MR) is 56.9 cm³/mol. The van der Waals surface area contributed by atoms with Gasteiger partial charge in [-0.15, -0.1) is 0 Å². The maximum atomic E-state index is 12.6. The van der Waals surface area contributed by atoms with Crippen LogP contribution in [0.15, 0.2) is 12.1 Å². The summed E-state index contributed by atoms with van der Waals surface area (Å²) in [5.41, 5.74) is -1.35. The van der Waals surface area contributed by atoms with Crippen molar-refractivity contribution in [3.8, 4) is 6.07 Å². The maximum Gasteiger partial charge on any atom is 0.417 e. The van der Waals surface area contributed by atoms with E-state index in [4.69, 9.17) is 16.9 Å². The molecule has 0 N–H and O–H groups in total. The van der Waals surface area contributed by atoms with Crippen LogP contribution in [-0.4, -0.2) is 13.1 Å². The smallest absolute Gasteiger partial charge is 0.417 e. The Labute approximate surface area is 106 Å². The molecule has 0 heterocycles. The van der Waals surface area contributed by atoms with Crippen molar-refractivity contribution in [3.63, 3.8) is 0 Å². The van der Waals surface area contributed by atoms with E-state index in [1.165, 1.54) is 0 Å². The van der Waals surface area contributed by atoms with Crippen molar-refractivity contribution in [2.45, 2.75) is 12.6 Å². The average molecular weight is 278 g/mol. The number of ether oxygens (including phenoxy) is 1. The van der Waals surface area contributed by atoms with E-state index in [1.54, 1.807) is 6.07 Å². The zero-order valence-corrected chi connectivity index (χ0v) is 9.89. The van der Waals surface area contributed by atoms with E-state index in [1.807, 2.05) is 0 Å². The Morgan fingerprint density at radius 3 is 2.56 bits per heavy atom. The van der Waals surface area contributed by atoms with E-state index >= 15 is 0 Å². The standard InChI is InChI=1S/C11H7ClF3NO2/c1-18-9(17)4-7-6(5-16)2-3-8(10(7)12)11(13,14)15/h2-3H,4H2,1H3. The molecule has 0 aliphatic rings. The van der Waals surface area contributed by atoms with Crippen LogP contribution in [0.3, 0.4) is 0 Å². The highest BCUT2D eigenvalue weighted by Gasteiger charge is 2.34. The summed E-state index contributed by atoms with van der Waals surface area (Å²) in [5, 5.41) is 8.13. The minimum absolute atomic E-state index is 0.0848. The molecule has 1 rings (SSSR count). The largest absolute Gasteiger partial charge is 0.469 e. The van der Waals surface area contributed by atoms with Crippen molar-refractivity contribution >= 4 is 17.6 Å². The van der Waals surface area contributed by atoms with E-state index in [2.05, 4.69) is 4.74 Å². The Hall–Kier alpha value is -1.74. The molecule has 0 saturated heterocycles. The maximum absolute atomic E-state index is 12.6. The lowest BCUT2D eigenvalue weighted by Crippen LogP contribution is -2.11. The fourth-order valence-corrected chi connectivity index (χ4v) is 1.67. The van der Waals surface area contributed by atoms with E-state index in [-0.39, 0.29) is 11.1 Å². The Bertz CT molecular complexity index is 520. The predicted octanol–water partition coefficient (Wildman–Crippen LogP) is 2.95. The van der Waals surface area contributed by atoms with E-state index in [0.29, 0.717) is 6.07 Å². The van der Waals surface area contributed by atoms with E-state index < -0.39 is 29.2 Å². The summed E-state index contributed by atoms with van der Waals surface area (Å²) < 4.78 is 42.1. The number of carbonyl (C=O) groups is 1. The summed E-state index contributed by atoms with van der Waals surface area (Å²) in [4.78, 5) is 11.1. The van der Waals surface area contributed by atoms with Crippen LogP contribution in [0.4, 0.5) is 13.2 Å². The van der Waals surface area contributed by atoms with E-state index in [0.717, 1.165) is 13.2 Å². The first-order chi connectivity index (χ1) is 8.31. The molecule has 7 heteroatoms. The van der Waals surface area contributed by atoms with Gasteiger partial charge in [0.1, 0.15) is 0 Å². The molecule has 1 aromatic carbocycles. The highest BCUT2D eigenvalue weighted by Crippen LogP contribution is 2.37. The van der Waals surface area contributed by atoms with Crippen LogP contribution < -0.4 is 0 Å². The molecule has 3 nitrogen and oxygen atoms in total. The number of benzene rings is 1. The number of halogens is 4. The molecule has 0 aliphatic carbocycles. The number of hydrogen-bond donors (Lipinski definition) is 0. The van der Waals surface area contributed by atoms with Crippen LogP contribution in [0.5, 0.6) is 0 Å². The molecule has 18 heavy (non-hydrogen) atoms. The number of alkyl halides is 3. The van der Waals surface area contributed by atoms with Crippen LogP contribution in [0, 0.1) is 11.3 Å². The third-order valence-electron chi connectivity index (χ3n) is 2.22. The molecular formula is C11H7ClF3NO2. The van der Waals surface area contributed by atoms with Crippen LogP contribution in [-0.2, 0) is 22.1 Å². The van der Waals surface area contributed by atoms with Gasteiger partial charge >= 0.3 is 12.1 Å². The molecule has 0 saturated carbocycles. The van der Waals surface area contributed by atoms with Crippen molar-refractivity contribution in [1.82, 2.24) is 0 Å². The molecule has 0 radical (unpaired) electrons. The van der Waals surface area contributed by atoms with Crippen LogP contribution in [0.25, 0.3) is 0 Å². The number of nitriles is 1. The lowest BCUT2D eigenvalue weighted by molar-refractivity contribution is -0.140. The minimum Gasteiger partial charge on any atom is -0.469 e. The number of esters is 1. The molecule has 0 aliphatic heterocycles. The van der Waals surface area contributed by atoms with Crippen LogP contribution in [0.2, 0.25) is 5.02 Å². The summed E-state index contributed by atoms with van der Waals surface area (Å²) in [6, 6.07) is 3.37. The highest BCUT2D eigenvalue weighted by atomic mass is 35.5. The summed E-state index contributed by atoms with van der Waals surface area (Å²) in [5.74, 6) is -0.771. The molecule has 0 fully saturated rings. The fourth-order valence-electron chi connectivity index (χ4n) is 1.33. The van der Waals surface area contributed by atoms with Gasteiger partial charge in [-0.2, -0.15) is 18.4 Å². The van der Waals surface area contributed by atoms with E-state index in [9.17, 15) is 18.0 Å². The van der Waals surface area contributed by atoms with Gasteiger partial charge in [0.15, 0.2) is 0 Å². The number of nitrogens with zero attached hydrogens (tertiary/aromatic N) is 1. The van der Waals surface area contributed by atoms with Gasteiger partial charge in [0.2, 0.25) is 0 Å². The topological polar surface area (TPSA) is 50.1 Å². The quantitative estimate of drug-likeness (QED) is 0.781. The number of carbonyl (C=O) groups excluding carboxylic acids is 1. The van der Waals surface area contributed by atoms with Gasteiger partial charge in [-0.3, -0.25) is 4.79 Å². The Balaban J connectivity index is 3.37. The first-order valence-corrected chi connectivity index (χ1v) is 5.04. The van der Waals surface area contributed by atoms with Gasteiger partial charge in [0, 0.05) is 5.56 Å². The zero-order valence-electron chi connectivity index (χ0n) is 9.14. The molecule has 0 atom stereocenters. The zero-order chi connectivity index (χ0) is 13.9. The van der Waals surface area contributed by atoms with Crippen LogP contribution in [0.1, 0.15) is 16.7 Å². The third-order valence-corrected chi connectivity index (χ3v) is 2.65. The molecule has 0 amide bonds. The fraction of sp³-hybridized carbons (Fsp3) is 0.273. The SMILES string of the molecule is COC(=O)Cc1c(C#N)ccc(C(F)(F)F)c1Cl. The average Bonchev–Trinajstić information content (AvgIpc) is 2.29. The Morgan fingerprint density at radius 1 is 1.50 bits per heavy atom. The van der Waals surface area contributed by atoms with Gasteiger partial charge < -0.3 is 4.74 Å². The van der Waals surface area contributed by atoms with Gasteiger partial charge in [-0.05, 0) is 12.1 Å². The first-order valence-electron chi connectivity index (χ1n) is 4.66. The van der Waals surface area contributed by atoms with Gasteiger partial charge in [-0.25, -0.2) is 0 Å². The third kappa shape index (κ3) is 2.93. The summed E-state index contributed by atoms with van der Waals surface area (Å²) in [7, 11) is 1.09. The molecule has 0 bridgehead atoms. The molecule has 0 unspecified atom stereocenters. The second kappa shape index (κ2) is 5.27. The molecular weight excluding hydrogens is 271 g/mol. The summed E-state index contributed by atoms with van der Waals surface area (Å²) in [6.07, 6.45) is -5.13. The first kappa shape index (κ1) is 14.3. The molecule has 0 aromatic heterocycles. The number of hydrogen-bond acceptors (Lipinski definition) is 3. The monoisotopic (exact) mass is 277 g/mol. The molecule has 1 aromatic rings. The Morgan fingerprint density at radius 2 is 2.11 bits per heavy atom. The second-order valence-electron chi connectivity index (χ2n) is 3.32. The van der Waals surface area contributed by atoms with Crippen LogP contribution >= 0.6 is 11.6 Å². The lowest BCUT2D eigenvalue weighted by atomic mass is 10.0. The highest BCUT2D eigenvalue weighted by molar-refractivity contribution is 6.32. The van der Waals surface area contributed by atoms with Crippen molar-refractivity contribution in [3.05, 3.63) is 33.8 Å².